The molecule has 0 unspecified atom stereocenters. The Bertz CT molecular complexity index is 1300. The summed E-state index contributed by atoms with van der Waals surface area (Å²) < 4.78 is 59.8. The summed E-state index contributed by atoms with van der Waals surface area (Å²) >= 11 is 1.03. The van der Waals surface area contributed by atoms with E-state index in [0.29, 0.717) is 17.0 Å². The molecule has 3 aromatic rings. The van der Waals surface area contributed by atoms with E-state index >= 15 is 0 Å². The van der Waals surface area contributed by atoms with Gasteiger partial charge in [-0.1, -0.05) is 12.1 Å². The molecule has 0 saturated carbocycles. The predicted molar refractivity (Wildman–Crippen MR) is 123 cm³/mol. The van der Waals surface area contributed by atoms with E-state index in [2.05, 4.69) is 14.8 Å². The first-order valence-electron chi connectivity index (χ1n) is 9.21. The molecule has 170 valence electrons. The van der Waals surface area contributed by atoms with E-state index in [0.717, 1.165) is 11.3 Å². The number of nitrogens with one attached hydrogen (secondary N) is 3. The normalized spacial score (nSPS) is 11.7. The molecule has 0 atom stereocenters. The maximum atomic E-state index is 12.9. The summed E-state index contributed by atoms with van der Waals surface area (Å²) in [6, 6.07) is 13.8. The van der Waals surface area contributed by atoms with E-state index in [1.165, 1.54) is 25.3 Å². The highest BCUT2D eigenvalue weighted by Gasteiger charge is 2.19. The van der Waals surface area contributed by atoms with Crippen molar-refractivity contribution in [1.82, 2.24) is 4.72 Å². The summed E-state index contributed by atoms with van der Waals surface area (Å²) in [4.78, 5) is 12.2. The minimum atomic E-state index is -3.94. The van der Waals surface area contributed by atoms with Crippen LogP contribution in [0.2, 0.25) is 0 Å². The smallest absolute Gasteiger partial charge is 0.262 e. The molecule has 1 amide bonds. The fraction of sp³-hybridized carbons (Fsp3) is 0.150. The number of hydrogen-bond donors (Lipinski definition) is 3. The summed E-state index contributed by atoms with van der Waals surface area (Å²) in [5, 5.41) is 4.12. The number of carbonyl (C=O) groups excluding carboxylic acids is 1. The molecule has 0 aliphatic heterocycles. The number of thiophene rings is 1. The highest BCUT2D eigenvalue weighted by atomic mass is 32.2. The second-order valence-electron chi connectivity index (χ2n) is 6.62. The summed E-state index contributed by atoms with van der Waals surface area (Å²) in [5.74, 6) is -0.0519. The van der Waals surface area contributed by atoms with Crippen molar-refractivity contribution in [1.29, 1.82) is 0 Å². The van der Waals surface area contributed by atoms with Crippen LogP contribution >= 0.6 is 11.3 Å². The van der Waals surface area contributed by atoms with Gasteiger partial charge in [0, 0.05) is 11.4 Å². The molecular weight excluding hydrogens is 474 g/mol. The van der Waals surface area contributed by atoms with Gasteiger partial charge in [-0.3, -0.25) is 9.52 Å². The monoisotopic (exact) mass is 495 g/mol. The number of aryl methyl sites for hydroxylation is 1. The summed E-state index contributed by atoms with van der Waals surface area (Å²) in [7, 11) is -6.22. The van der Waals surface area contributed by atoms with Crippen molar-refractivity contribution < 1.29 is 26.4 Å². The van der Waals surface area contributed by atoms with Gasteiger partial charge in [-0.25, -0.2) is 21.6 Å². The number of amides is 1. The molecule has 1 heterocycles. The summed E-state index contributed by atoms with van der Waals surface area (Å²) in [5.41, 5.74) is 1.04. The van der Waals surface area contributed by atoms with E-state index in [-0.39, 0.29) is 14.8 Å². The number of carbonyl (C=O) groups is 1. The Balaban J connectivity index is 1.71. The van der Waals surface area contributed by atoms with Crippen LogP contribution in [0.15, 0.2) is 69.1 Å². The van der Waals surface area contributed by atoms with E-state index in [9.17, 15) is 21.6 Å². The molecule has 32 heavy (non-hydrogen) atoms. The van der Waals surface area contributed by atoms with Gasteiger partial charge in [0.2, 0.25) is 5.91 Å². The molecule has 3 rings (SSSR count). The number of anilines is 2. The van der Waals surface area contributed by atoms with E-state index in [1.807, 2.05) is 0 Å². The van der Waals surface area contributed by atoms with Crippen LogP contribution in [0.1, 0.15) is 5.56 Å². The van der Waals surface area contributed by atoms with Crippen LogP contribution in [0.25, 0.3) is 0 Å². The number of methoxy groups -OCH3 is 1. The highest BCUT2D eigenvalue weighted by molar-refractivity contribution is 7.92. The first-order valence-corrected chi connectivity index (χ1v) is 13.1. The van der Waals surface area contributed by atoms with Crippen molar-refractivity contribution in [2.75, 3.05) is 23.7 Å². The van der Waals surface area contributed by atoms with Crippen LogP contribution < -0.4 is 19.5 Å². The molecule has 12 heteroatoms. The lowest BCUT2D eigenvalue weighted by Gasteiger charge is -2.13. The van der Waals surface area contributed by atoms with Crippen LogP contribution in [-0.4, -0.2) is 36.4 Å². The lowest BCUT2D eigenvalue weighted by molar-refractivity contribution is -0.115. The standard InChI is InChI=1S/C20H21N3O6S3/c1-14-5-6-16(22-19(24)13-21-32(27,28)20-4-3-11-30-20)12-18(14)31(25,26)23-15-7-9-17(29-2)10-8-15/h3-12,21,23H,13H2,1-2H3,(H,22,24). The zero-order valence-corrected chi connectivity index (χ0v) is 19.6. The third-order valence-electron chi connectivity index (χ3n) is 4.29. The lowest BCUT2D eigenvalue weighted by Crippen LogP contribution is -2.32. The van der Waals surface area contributed by atoms with Crippen molar-refractivity contribution in [3.8, 4) is 5.75 Å². The van der Waals surface area contributed by atoms with Crippen LogP contribution in [0.5, 0.6) is 5.75 Å². The summed E-state index contributed by atoms with van der Waals surface area (Å²) in [6.45, 7) is 1.13. The maximum absolute atomic E-state index is 12.9. The van der Waals surface area contributed by atoms with Gasteiger partial charge in [0.05, 0.1) is 18.6 Å². The van der Waals surface area contributed by atoms with Crippen LogP contribution in [-0.2, 0) is 24.8 Å². The zero-order valence-electron chi connectivity index (χ0n) is 17.2. The van der Waals surface area contributed by atoms with Crippen molar-refractivity contribution in [2.45, 2.75) is 16.0 Å². The van der Waals surface area contributed by atoms with Gasteiger partial charge in [0.15, 0.2) is 0 Å². The first-order chi connectivity index (χ1) is 15.1. The lowest BCUT2D eigenvalue weighted by atomic mass is 10.2. The van der Waals surface area contributed by atoms with Crippen LogP contribution in [0.4, 0.5) is 11.4 Å². The van der Waals surface area contributed by atoms with E-state index in [1.54, 1.807) is 48.7 Å². The molecule has 0 saturated heterocycles. The van der Waals surface area contributed by atoms with Crippen molar-refractivity contribution in [2.24, 2.45) is 0 Å². The minimum Gasteiger partial charge on any atom is -0.497 e. The molecular formula is C20H21N3O6S3. The number of sulfonamides is 2. The van der Waals surface area contributed by atoms with Gasteiger partial charge in [-0.15, -0.1) is 11.3 Å². The number of hydrogen-bond acceptors (Lipinski definition) is 7. The average Bonchev–Trinajstić information content (AvgIpc) is 3.30. The Morgan fingerprint density at radius 1 is 0.969 bits per heavy atom. The summed E-state index contributed by atoms with van der Waals surface area (Å²) in [6.07, 6.45) is 0. The molecule has 0 aliphatic rings. The van der Waals surface area contributed by atoms with Crippen molar-refractivity contribution in [3.05, 3.63) is 65.5 Å². The molecule has 0 radical (unpaired) electrons. The molecule has 1 aromatic heterocycles. The Labute approximate surface area is 190 Å². The fourth-order valence-electron chi connectivity index (χ4n) is 2.69. The van der Waals surface area contributed by atoms with Gasteiger partial charge in [-0.05, 0) is 60.3 Å². The first kappa shape index (κ1) is 23.7. The molecule has 0 bridgehead atoms. The largest absolute Gasteiger partial charge is 0.497 e. The number of ether oxygens (including phenoxy) is 1. The topological polar surface area (TPSA) is 131 Å². The van der Waals surface area contributed by atoms with Crippen LogP contribution in [0.3, 0.4) is 0 Å². The SMILES string of the molecule is COc1ccc(NS(=O)(=O)c2cc(NC(=O)CNS(=O)(=O)c3cccs3)ccc2C)cc1. The van der Waals surface area contributed by atoms with Gasteiger partial charge < -0.3 is 10.1 Å². The van der Waals surface area contributed by atoms with E-state index in [4.69, 9.17) is 4.74 Å². The Morgan fingerprint density at radius 2 is 1.66 bits per heavy atom. The number of rotatable bonds is 9. The third kappa shape index (κ3) is 5.85. The van der Waals surface area contributed by atoms with Crippen molar-refractivity contribution in [3.63, 3.8) is 0 Å². The van der Waals surface area contributed by atoms with Gasteiger partial charge >= 0.3 is 0 Å². The van der Waals surface area contributed by atoms with Gasteiger partial charge in [0.25, 0.3) is 20.0 Å². The van der Waals surface area contributed by atoms with Gasteiger partial charge in [-0.2, -0.15) is 0 Å². The third-order valence-corrected chi connectivity index (χ3v) is 8.61. The van der Waals surface area contributed by atoms with Crippen LogP contribution in [0, 0.1) is 6.92 Å². The average molecular weight is 496 g/mol. The predicted octanol–water partition coefficient (Wildman–Crippen LogP) is 2.78. The molecule has 0 fully saturated rings. The van der Waals surface area contributed by atoms with Crippen molar-refractivity contribution >= 4 is 48.7 Å². The minimum absolute atomic E-state index is 0.0229. The van der Waals surface area contributed by atoms with E-state index < -0.39 is 32.5 Å². The second-order valence-corrected chi connectivity index (χ2v) is 11.2. The zero-order chi connectivity index (χ0) is 23.4. The molecule has 2 aromatic carbocycles. The molecule has 3 N–H and O–H groups in total. The number of benzene rings is 2. The second kappa shape index (κ2) is 9.69. The highest BCUT2D eigenvalue weighted by Crippen LogP contribution is 2.24. The quantitative estimate of drug-likeness (QED) is 0.418. The molecule has 0 spiro atoms. The molecule has 9 nitrogen and oxygen atoms in total. The Morgan fingerprint density at radius 3 is 2.28 bits per heavy atom. The van der Waals surface area contributed by atoms with Gasteiger partial charge in [0.1, 0.15) is 9.96 Å². The fourth-order valence-corrected chi connectivity index (χ4v) is 6.04. The Kier molecular flexibility index (Phi) is 7.19. The molecule has 0 aliphatic carbocycles. The Hall–Kier alpha value is -2.93. The maximum Gasteiger partial charge on any atom is 0.262 e.